The first-order valence-electron chi connectivity index (χ1n) is 22.9. The Morgan fingerprint density at radius 2 is 1.10 bits per heavy atom. The molecule has 0 atom stereocenters. The van der Waals surface area contributed by atoms with Gasteiger partial charge in [-0.15, -0.1) is 0 Å². The lowest BCUT2D eigenvalue weighted by molar-refractivity contribution is -0.385. The van der Waals surface area contributed by atoms with Crippen LogP contribution in [-0.2, 0) is 53.2 Å². The zero-order valence-corrected chi connectivity index (χ0v) is 43.6. The zero-order chi connectivity index (χ0) is 49.9. The van der Waals surface area contributed by atoms with E-state index in [9.17, 15) is 20.2 Å². The minimum Gasteiger partial charge on any atom is -0.490 e. The molecule has 19 nitrogen and oxygen atoms in total. The van der Waals surface area contributed by atoms with Crippen molar-refractivity contribution in [2.75, 3.05) is 69.5 Å². The standard InChI is InChI=1S/C20H24N6O3S.C20H25N5OS.C8H8BrNO3/c1-4-16-21-17-18(24(16)3)22-20(23-19(17)25-7-9-29-10-8-25)30-12-14-6-5-13(2)15(11-14)26(27)28;1-4-16-21-17-18(24(16)3)22-20(23-19(17)25-9-11-26-12-10-25)27-13-15-7-5-14(2)6-8-15;1-13-8-3-2-6(5-9)4-7(8)10(11)12/h5-6,11H,4,7-10,12H2,1-3H3;5-8H,4,9-13H2,1-3H3;2-4H,5H2,1H3. The maximum Gasteiger partial charge on any atom is 0.311 e. The Labute approximate surface area is 423 Å². The Morgan fingerprint density at radius 1 is 0.643 bits per heavy atom. The largest absolute Gasteiger partial charge is 0.490 e. The van der Waals surface area contributed by atoms with Gasteiger partial charge in [-0.3, -0.25) is 20.2 Å². The molecule has 0 saturated carbocycles. The van der Waals surface area contributed by atoms with Crippen molar-refractivity contribution in [2.45, 2.75) is 67.7 Å². The Bertz CT molecular complexity index is 2940. The van der Waals surface area contributed by atoms with Crippen LogP contribution in [0, 0.1) is 34.1 Å². The number of fused-ring (bicyclic) bond motifs is 2. The lowest BCUT2D eigenvalue weighted by Crippen LogP contribution is -2.37. The lowest BCUT2D eigenvalue weighted by Gasteiger charge is -2.28. The second-order valence-electron chi connectivity index (χ2n) is 16.4. The molecule has 0 aliphatic carbocycles. The van der Waals surface area contributed by atoms with Gasteiger partial charge in [-0.1, -0.05) is 101 Å². The van der Waals surface area contributed by atoms with Gasteiger partial charge >= 0.3 is 5.69 Å². The number of imidazole rings is 2. The number of hydrogen-bond donors (Lipinski definition) is 0. The number of hydrogen-bond acceptors (Lipinski definition) is 17. The molecule has 2 saturated heterocycles. The van der Waals surface area contributed by atoms with Crippen LogP contribution in [0.3, 0.4) is 0 Å². The number of benzene rings is 3. The maximum atomic E-state index is 11.2. The zero-order valence-electron chi connectivity index (χ0n) is 40.4. The van der Waals surface area contributed by atoms with E-state index >= 15 is 0 Å². The van der Waals surface area contributed by atoms with Crippen molar-refractivity contribution in [1.82, 2.24) is 39.0 Å². The second kappa shape index (κ2) is 24.3. The van der Waals surface area contributed by atoms with Crippen molar-refractivity contribution in [2.24, 2.45) is 14.1 Å². The molecule has 0 amide bonds. The first-order chi connectivity index (χ1) is 33.8. The number of nitro groups is 2. The number of alkyl halides is 1. The van der Waals surface area contributed by atoms with Gasteiger partial charge in [-0.05, 0) is 36.6 Å². The van der Waals surface area contributed by atoms with E-state index in [2.05, 4.69) is 75.3 Å². The molecule has 0 unspecified atom stereocenters. The smallest absolute Gasteiger partial charge is 0.311 e. The number of thioether (sulfide) groups is 2. The van der Waals surface area contributed by atoms with Crippen molar-refractivity contribution in [1.29, 1.82) is 0 Å². The fraction of sp³-hybridized carbons (Fsp3) is 0.417. The molecule has 22 heteroatoms. The highest BCUT2D eigenvalue weighted by atomic mass is 79.9. The molecule has 4 aromatic heterocycles. The van der Waals surface area contributed by atoms with E-state index < -0.39 is 4.92 Å². The summed E-state index contributed by atoms with van der Waals surface area (Å²) in [6, 6.07) is 18.8. The molecular weight excluding hydrogens is 1000 g/mol. The van der Waals surface area contributed by atoms with E-state index in [1.807, 2.05) is 24.7 Å². The number of rotatable bonds is 14. The first kappa shape index (κ1) is 51.9. The Hall–Kier alpha value is -5.94. The molecule has 9 rings (SSSR count). The molecule has 3 aromatic carbocycles. The second-order valence-corrected chi connectivity index (χ2v) is 18.9. The molecule has 0 radical (unpaired) electrons. The molecule has 0 bridgehead atoms. The minimum atomic E-state index is -0.453. The van der Waals surface area contributed by atoms with Crippen LogP contribution in [0.4, 0.5) is 23.0 Å². The van der Waals surface area contributed by atoms with Crippen LogP contribution in [0.15, 0.2) is 71.0 Å². The number of aryl methyl sites for hydroxylation is 6. The molecule has 6 heterocycles. The average molecular weight is 1060 g/mol. The van der Waals surface area contributed by atoms with Crippen LogP contribution in [0.25, 0.3) is 22.3 Å². The van der Waals surface area contributed by atoms with Gasteiger partial charge in [0.1, 0.15) is 11.6 Å². The highest BCUT2D eigenvalue weighted by Gasteiger charge is 2.24. The van der Waals surface area contributed by atoms with Crippen LogP contribution in [0.5, 0.6) is 5.75 Å². The lowest BCUT2D eigenvalue weighted by atomic mass is 10.1. The van der Waals surface area contributed by atoms with Gasteiger partial charge in [0, 0.05) is 87.6 Å². The van der Waals surface area contributed by atoms with E-state index in [4.69, 9.17) is 44.1 Å². The third-order valence-corrected chi connectivity index (χ3v) is 14.2. The highest BCUT2D eigenvalue weighted by molar-refractivity contribution is 9.08. The van der Waals surface area contributed by atoms with Gasteiger partial charge in [0.2, 0.25) is 0 Å². The monoisotopic (exact) mass is 1060 g/mol. The Balaban J connectivity index is 0.000000166. The number of anilines is 2. The van der Waals surface area contributed by atoms with Crippen molar-refractivity contribution in [3.05, 3.63) is 120 Å². The molecule has 0 N–H and O–H groups in total. The third-order valence-electron chi connectivity index (χ3n) is 11.7. The molecule has 0 spiro atoms. The predicted octanol–water partition coefficient (Wildman–Crippen LogP) is 9.13. The van der Waals surface area contributed by atoms with Gasteiger partial charge in [0.05, 0.1) is 43.4 Å². The quantitative estimate of drug-likeness (QED) is 0.0327. The van der Waals surface area contributed by atoms with Crippen LogP contribution in [0.2, 0.25) is 0 Å². The molecule has 7 aromatic rings. The Morgan fingerprint density at radius 3 is 1.56 bits per heavy atom. The van der Waals surface area contributed by atoms with Crippen LogP contribution >= 0.6 is 39.5 Å². The average Bonchev–Trinajstić information content (AvgIpc) is 3.90. The van der Waals surface area contributed by atoms with Crippen molar-refractivity contribution < 1.29 is 24.1 Å². The molecule has 2 aliphatic heterocycles. The van der Waals surface area contributed by atoms with Crippen LogP contribution in [0.1, 0.15) is 53.3 Å². The van der Waals surface area contributed by atoms with Gasteiger partial charge in [-0.2, -0.15) is 0 Å². The summed E-state index contributed by atoms with van der Waals surface area (Å²) < 4.78 is 20.0. The summed E-state index contributed by atoms with van der Waals surface area (Å²) in [5, 5.41) is 23.8. The Kier molecular flexibility index (Phi) is 18.0. The number of methoxy groups -OCH3 is 1. The van der Waals surface area contributed by atoms with Crippen molar-refractivity contribution in [3.8, 4) is 5.75 Å². The number of aromatic nitrogens is 8. The minimum absolute atomic E-state index is 0.000509. The van der Waals surface area contributed by atoms with E-state index in [-0.39, 0.29) is 22.0 Å². The third kappa shape index (κ3) is 12.5. The van der Waals surface area contributed by atoms with Gasteiger partial charge in [0.15, 0.2) is 50.0 Å². The first-order valence-corrected chi connectivity index (χ1v) is 26.0. The number of nitrogens with zero attached hydrogens (tertiary/aromatic N) is 12. The summed E-state index contributed by atoms with van der Waals surface area (Å²) in [5.41, 5.74) is 8.50. The molecule has 70 heavy (non-hydrogen) atoms. The summed E-state index contributed by atoms with van der Waals surface area (Å²) in [5.74, 6) is 5.45. The van der Waals surface area contributed by atoms with Gasteiger partial charge < -0.3 is 33.1 Å². The number of ether oxygens (including phenoxy) is 3. The van der Waals surface area contributed by atoms with E-state index in [0.29, 0.717) is 35.0 Å². The number of halogens is 1. The fourth-order valence-corrected chi connectivity index (χ4v) is 9.70. The normalized spacial score (nSPS) is 13.7. The van der Waals surface area contributed by atoms with E-state index in [1.165, 1.54) is 36.1 Å². The van der Waals surface area contributed by atoms with Gasteiger partial charge in [-0.25, -0.2) is 29.9 Å². The number of nitro benzene ring substituents is 2. The van der Waals surface area contributed by atoms with Gasteiger partial charge in [0.25, 0.3) is 5.69 Å². The summed E-state index contributed by atoms with van der Waals surface area (Å²) in [4.78, 5) is 54.3. The van der Waals surface area contributed by atoms with Crippen LogP contribution in [-0.4, -0.2) is 109 Å². The molecular formula is C48H57BrN12O7S2. The molecule has 370 valence electrons. The van der Waals surface area contributed by atoms with Crippen molar-refractivity contribution >= 4 is 84.8 Å². The summed E-state index contributed by atoms with van der Waals surface area (Å²) in [6.45, 7) is 14.0. The van der Waals surface area contributed by atoms with E-state index in [0.717, 1.165) is 120 Å². The highest BCUT2D eigenvalue weighted by Crippen LogP contribution is 2.33. The summed E-state index contributed by atoms with van der Waals surface area (Å²) >= 11 is 6.38. The molecule has 2 fully saturated rings. The fourth-order valence-electron chi connectivity index (χ4n) is 7.78. The topological polar surface area (TPSA) is 208 Å². The van der Waals surface area contributed by atoms with Crippen LogP contribution < -0.4 is 14.5 Å². The summed E-state index contributed by atoms with van der Waals surface area (Å²) in [6.07, 6.45) is 1.69. The number of morpholine rings is 2. The SMILES string of the molecule is CCc1nc2c(N3CCOCC3)nc(SCc3ccc(C)c([N+](=O)[O-])c3)nc2n1C.CCc1nc2c(N3CCOCC3)nc(SCc3ccc(C)cc3)nc2n1C.COc1ccc(CBr)cc1[N+](=O)[O-]. The predicted molar refractivity (Wildman–Crippen MR) is 278 cm³/mol. The van der Waals surface area contributed by atoms with E-state index in [1.54, 1.807) is 43.0 Å². The maximum absolute atomic E-state index is 11.2. The summed E-state index contributed by atoms with van der Waals surface area (Å²) in [7, 11) is 5.43. The van der Waals surface area contributed by atoms with Crippen molar-refractivity contribution in [3.63, 3.8) is 0 Å². The molecule has 2 aliphatic rings.